The molecule has 2 aromatic carbocycles. The summed E-state index contributed by atoms with van der Waals surface area (Å²) in [4.78, 5) is 8.67. The molecule has 3 aromatic rings. The third-order valence-corrected chi connectivity index (χ3v) is 4.93. The van der Waals surface area contributed by atoms with Gasteiger partial charge in [0.05, 0.1) is 13.2 Å². The van der Waals surface area contributed by atoms with Gasteiger partial charge < -0.3 is 24.6 Å². The van der Waals surface area contributed by atoms with E-state index in [1.165, 1.54) is 5.56 Å². The van der Waals surface area contributed by atoms with E-state index in [-0.39, 0.29) is 0 Å². The molecule has 8 nitrogen and oxygen atoms in total. The second kappa shape index (κ2) is 9.97. The highest BCUT2D eigenvalue weighted by Gasteiger charge is 2.11. The lowest BCUT2D eigenvalue weighted by Crippen LogP contribution is -2.32. The van der Waals surface area contributed by atoms with Crippen molar-refractivity contribution in [3.63, 3.8) is 0 Å². The summed E-state index contributed by atoms with van der Waals surface area (Å²) in [7, 11) is 1.75. The van der Waals surface area contributed by atoms with Crippen molar-refractivity contribution in [2.75, 3.05) is 32.1 Å². The minimum absolute atomic E-state index is 0.557. The number of hydrogen-bond donors (Lipinski definition) is 2. The van der Waals surface area contributed by atoms with Crippen LogP contribution in [0.5, 0.6) is 11.5 Å². The van der Waals surface area contributed by atoms with Crippen LogP contribution in [0.15, 0.2) is 52.0 Å². The molecule has 0 bridgehead atoms. The summed E-state index contributed by atoms with van der Waals surface area (Å²) < 4.78 is 16.7. The van der Waals surface area contributed by atoms with Gasteiger partial charge >= 0.3 is 0 Å². The number of aromatic nitrogens is 2. The number of ether oxygens (including phenoxy) is 2. The van der Waals surface area contributed by atoms with Crippen LogP contribution in [0.1, 0.15) is 24.7 Å². The van der Waals surface area contributed by atoms with Crippen LogP contribution in [0, 0.1) is 0 Å². The van der Waals surface area contributed by atoms with Gasteiger partial charge in [-0.15, -0.1) is 0 Å². The first-order chi connectivity index (χ1) is 15.2. The Morgan fingerprint density at radius 1 is 1.06 bits per heavy atom. The Kier molecular flexibility index (Phi) is 6.66. The maximum absolute atomic E-state index is 5.75. The fourth-order valence-electron chi connectivity index (χ4n) is 3.21. The van der Waals surface area contributed by atoms with Gasteiger partial charge in [0.15, 0.2) is 23.3 Å². The van der Waals surface area contributed by atoms with E-state index in [0.29, 0.717) is 25.1 Å². The lowest BCUT2D eigenvalue weighted by Gasteiger charge is -2.14. The zero-order chi connectivity index (χ0) is 21.5. The Hall–Kier alpha value is -3.55. The first-order valence-corrected chi connectivity index (χ1v) is 10.5. The molecule has 0 radical (unpaired) electrons. The molecule has 0 aliphatic carbocycles. The molecule has 2 N–H and O–H groups in total. The summed E-state index contributed by atoms with van der Waals surface area (Å²) in [5.41, 5.74) is 3.03. The zero-order valence-corrected chi connectivity index (χ0v) is 17.9. The van der Waals surface area contributed by atoms with Crippen LogP contribution in [0.4, 0.5) is 5.69 Å². The highest BCUT2D eigenvalue weighted by Crippen LogP contribution is 2.32. The van der Waals surface area contributed by atoms with Crippen molar-refractivity contribution in [1.29, 1.82) is 0 Å². The average molecular weight is 422 g/mol. The molecular weight excluding hydrogens is 394 g/mol. The van der Waals surface area contributed by atoms with E-state index in [1.807, 2.05) is 37.3 Å². The molecule has 162 valence electrons. The van der Waals surface area contributed by atoms with E-state index in [1.54, 1.807) is 7.05 Å². The molecule has 31 heavy (non-hydrogen) atoms. The summed E-state index contributed by atoms with van der Waals surface area (Å²) in [5.74, 6) is 3.51. The predicted octanol–water partition coefficient (Wildman–Crippen LogP) is 3.69. The van der Waals surface area contributed by atoms with Crippen LogP contribution in [-0.4, -0.2) is 42.9 Å². The molecule has 1 aromatic heterocycles. The van der Waals surface area contributed by atoms with Crippen molar-refractivity contribution in [1.82, 2.24) is 15.5 Å². The van der Waals surface area contributed by atoms with Gasteiger partial charge in [-0.1, -0.05) is 24.2 Å². The molecule has 0 saturated carbocycles. The minimum Gasteiger partial charge on any atom is -0.490 e. The number of rotatable bonds is 6. The van der Waals surface area contributed by atoms with Crippen molar-refractivity contribution in [3.8, 4) is 23.0 Å². The highest BCUT2D eigenvalue weighted by molar-refractivity contribution is 5.93. The van der Waals surface area contributed by atoms with Crippen LogP contribution in [0.3, 0.4) is 0 Å². The molecule has 0 spiro atoms. The standard InChI is InChI=1S/C23H27N5O3/c1-3-21-27-22(31-28-21)17-7-5-16(6-8-17)11-12-25-23(24-2)26-18-9-10-19-20(15-18)30-14-4-13-29-19/h5-10,15H,3-4,11-14H2,1-2H3,(H2,24,25,26). The molecule has 2 heterocycles. The van der Waals surface area contributed by atoms with Gasteiger partial charge in [-0.3, -0.25) is 4.99 Å². The molecule has 0 saturated heterocycles. The van der Waals surface area contributed by atoms with Gasteiger partial charge in [-0.05, 0) is 36.2 Å². The van der Waals surface area contributed by atoms with E-state index < -0.39 is 0 Å². The normalized spacial score (nSPS) is 13.5. The molecule has 0 unspecified atom stereocenters. The number of nitrogens with zero attached hydrogens (tertiary/aromatic N) is 3. The zero-order valence-electron chi connectivity index (χ0n) is 17.9. The lowest BCUT2D eigenvalue weighted by atomic mass is 10.1. The van der Waals surface area contributed by atoms with Gasteiger partial charge in [0, 0.05) is 43.8 Å². The van der Waals surface area contributed by atoms with Gasteiger partial charge in [-0.2, -0.15) is 4.98 Å². The van der Waals surface area contributed by atoms with Crippen molar-refractivity contribution in [2.24, 2.45) is 4.99 Å². The minimum atomic E-state index is 0.557. The maximum atomic E-state index is 5.75. The Bertz CT molecular complexity index is 1030. The van der Waals surface area contributed by atoms with E-state index in [9.17, 15) is 0 Å². The van der Waals surface area contributed by atoms with Gasteiger partial charge in [0.2, 0.25) is 0 Å². The first kappa shape index (κ1) is 20.7. The molecule has 0 atom stereocenters. The SMILES string of the molecule is CCc1noc(-c2ccc(CCNC(=NC)Nc3ccc4c(c3)OCCCO4)cc2)n1. The fourth-order valence-corrected chi connectivity index (χ4v) is 3.21. The molecule has 0 amide bonds. The molecular formula is C23H27N5O3. The van der Waals surface area contributed by atoms with E-state index in [0.717, 1.165) is 54.4 Å². The number of nitrogens with one attached hydrogen (secondary N) is 2. The Morgan fingerprint density at radius 2 is 1.87 bits per heavy atom. The number of hydrogen-bond acceptors (Lipinski definition) is 6. The summed E-state index contributed by atoms with van der Waals surface area (Å²) in [6.07, 6.45) is 2.50. The molecule has 1 aliphatic heterocycles. The Morgan fingerprint density at radius 3 is 2.61 bits per heavy atom. The second-order valence-corrected chi connectivity index (χ2v) is 7.15. The Labute approximate surface area is 181 Å². The van der Waals surface area contributed by atoms with Crippen LogP contribution in [0.2, 0.25) is 0 Å². The quantitative estimate of drug-likeness (QED) is 0.463. The van der Waals surface area contributed by atoms with Gasteiger partial charge in [0.25, 0.3) is 5.89 Å². The maximum Gasteiger partial charge on any atom is 0.257 e. The third kappa shape index (κ3) is 5.33. The first-order valence-electron chi connectivity index (χ1n) is 10.5. The predicted molar refractivity (Wildman–Crippen MR) is 120 cm³/mol. The van der Waals surface area contributed by atoms with Crippen molar-refractivity contribution in [2.45, 2.75) is 26.2 Å². The van der Waals surface area contributed by atoms with Crippen LogP contribution < -0.4 is 20.1 Å². The Balaban J connectivity index is 1.29. The van der Waals surface area contributed by atoms with Crippen molar-refractivity contribution in [3.05, 3.63) is 53.9 Å². The van der Waals surface area contributed by atoms with E-state index in [2.05, 4.69) is 37.9 Å². The van der Waals surface area contributed by atoms with Gasteiger partial charge in [0.1, 0.15) is 0 Å². The third-order valence-electron chi connectivity index (χ3n) is 4.93. The van der Waals surface area contributed by atoms with Crippen LogP contribution in [-0.2, 0) is 12.8 Å². The molecule has 4 rings (SSSR count). The number of fused-ring (bicyclic) bond motifs is 1. The highest BCUT2D eigenvalue weighted by atomic mass is 16.5. The number of aliphatic imine (C=N–C) groups is 1. The summed E-state index contributed by atoms with van der Waals surface area (Å²) >= 11 is 0. The molecule has 0 fully saturated rings. The number of aryl methyl sites for hydroxylation is 1. The second-order valence-electron chi connectivity index (χ2n) is 7.15. The smallest absolute Gasteiger partial charge is 0.257 e. The number of anilines is 1. The number of benzene rings is 2. The summed E-state index contributed by atoms with van der Waals surface area (Å²) in [6.45, 7) is 4.08. The summed E-state index contributed by atoms with van der Waals surface area (Å²) in [5, 5.41) is 10.6. The van der Waals surface area contributed by atoms with Crippen LogP contribution >= 0.6 is 0 Å². The number of guanidine groups is 1. The molecule has 8 heteroatoms. The summed E-state index contributed by atoms with van der Waals surface area (Å²) in [6, 6.07) is 14.0. The van der Waals surface area contributed by atoms with Crippen LogP contribution in [0.25, 0.3) is 11.5 Å². The van der Waals surface area contributed by atoms with Crippen molar-refractivity contribution < 1.29 is 14.0 Å². The topological polar surface area (TPSA) is 93.8 Å². The van der Waals surface area contributed by atoms with Crippen molar-refractivity contribution >= 4 is 11.6 Å². The molecule has 1 aliphatic rings. The monoisotopic (exact) mass is 421 g/mol. The fraction of sp³-hybridized carbons (Fsp3) is 0.348. The van der Waals surface area contributed by atoms with E-state index >= 15 is 0 Å². The lowest BCUT2D eigenvalue weighted by molar-refractivity contribution is 0.297. The van der Waals surface area contributed by atoms with E-state index in [4.69, 9.17) is 14.0 Å². The largest absolute Gasteiger partial charge is 0.490 e. The average Bonchev–Trinajstić information content (AvgIpc) is 3.17. The van der Waals surface area contributed by atoms with Gasteiger partial charge in [-0.25, -0.2) is 0 Å².